The quantitative estimate of drug-likeness (QED) is 0.762. The van der Waals surface area contributed by atoms with Crippen LogP contribution in [0.25, 0.3) is 0 Å². The Labute approximate surface area is 133 Å². The average molecular weight is 341 g/mol. The third kappa shape index (κ3) is 5.96. The fourth-order valence-corrected chi connectivity index (χ4v) is 1.72. The van der Waals surface area contributed by atoms with E-state index in [1.54, 1.807) is 18.2 Å². The zero-order valence-electron chi connectivity index (χ0n) is 10.8. The predicted octanol–water partition coefficient (Wildman–Crippen LogP) is 1.67. The third-order valence-corrected chi connectivity index (χ3v) is 3.19. The van der Waals surface area contributed by atoms with E-state index < -0.39 is 0 Å². The second-order valence-electron chi connectivity index (χ2n) is 3.94. The molecule has 0 bridgehead atoms. The van der Waals surface area contributed by atoms with E-state index in [0.717, 1.165) is 5.56 Å². The van der Waals surface area contributed by atoms with Gasteiger partial charge in [0.15, 0.2) is 0 Å². The zero-order valence-corrected chi connectivity index (χ0v) is 13.1. The van der Waals surface area contributed by atoms with Crippen LogP contribution in [0.2, 0.25) is 10.0 Å². The van der Waals surface area contributed by atoms with Crippen LogP contribution in [-0.4, -0.2) is 24.9 Å². The minimum Gasteiger partial charge on any atom is -0.348 e. The Morgan fingerprint density at radius 3 is 2.45 bits per heavy atom. The van der Waals surface area contributed by atoms with Gasteiger partial charge in [0.2, 0.25) is 11.8 Å². The maximum atomic E-state index is 11.6. The summed E-state index contributed by atoms with van der Waals surface area (Å²) in [6, 6.07) is 4.89. The third-order valence-electron chi connectivity index (χ3n) is 2.45. The van der Waals surface area contributed by atoms with Crippen molar-refractivity contribution in [2.75, 3.05) is 13.1 Å². The van der Waals surface area contributed by atoms with E-state index in [0.29, 0.717) is 10.0 Å². The fraction of sp³-hybridized carbons (Fsp3) is 0.333. The van der Waals surface area contributed by atoms with Crippen molar-refractivity contribution in [1.29, 1.82) is 0 Å². The Morgan fingerprint density at radius 2 is 1.90 bits per heavy atom. The molecule has 0 aliphatic rings. The molecular formula is C12H16Cl3N3O2. The molecule has 112 valence electrons. The SMILES string of the molecule is CC(NC(=O)CNC(=O)CN)c1ccc(Cl)c(Cl)c1.Cl. The second kappa shape index (κ2) is 9.02. The highest BCUT2D eigenvalue weighted by molar-refractivity contribution is 6.42. The number of amides is 2. The molecule has 0 radical (unpaired) electrons. The molecule has 0 spiro atoms. The van der Waals surface area contributed by atoms with Crippen molar-refractivity contribution < 1.29 is 9.59 Å². The number of nitrogens with one attached hydrogen (secondary N) is 2. The summed E-state index contributed by atoms with van der Waals surface area (Å²) < 4.78 is 0. The number of hydrogen-bond donors (Lipinski definition) is 3. The van der Waals surface area contributed by atoms with E-state index >= 15 is 0 Å². The smallest absolute Gasteiger partial charge is 0.239 e. The highest BCUT2D eigenvalue weighted by atomic mass is 35.5. The van der Waals surface area contributed by atoms with Gasteiger partial charge in [-0.1, -0.05) is 29.3 Å². The first-order valence-electron chi connectivity index (χ1n) is 5.65. The van der Waals surface area contributed by atoms with Gasteiger partial charge in [-0.3, -0.25) is 9.59 Å². The van der Waals surface area contributed by atoms with Crippen LogP contribution in [0.15, 0.2) is 18.2 Å². The topological polar surface area (TPSA) is 84.2 Å². The number of carbonyl (C=O) groups is 2. The Hall–Kier alpha value is -1.01. The monoisotopic (exact) mass is 339 g/mol. The van der Waals surface area contributed by atoms with Gasteiger partial charge in [0.05, 0.1) is 29.2 Å². The summed E-state index contributed by atoms with van der Waals surface area (Å²) in [6.45, 7) is 1.56. The van der Waals surface area contributed by atoms with Crippen molar-refractivity contribution in [2.45, 2.75) is 13.0 Å². The summed E-state index contributed by atoms with van der Waals surface area (Å²) in [5.41, 5.74) is 5.94. The molecule has 0 fully saturated rings. The van der Waals surface area contributed by atoms with Crippen molar-refractivity contribution >= 4 is 47.4 Å². The first kappa shape index (κ1) is 19.0. The van der Waals surface area contributed by atoms with Gasteiger partial charge in [-0.25, -0.2) is 0 Å². The molecule has 0 saturated carbocycles. The molecule has 1 rings (SSSR count). The maximum Gasteiger partial charge on any atom is 0.239 e. The number of nitrogens with two attached hydrogens (primary N) is 1. The molecule has 0 saturated heterocycles. The van der Waals surface area contributed by atoms with Crippen molar-refractivity contribution in [2.24, 2.45) is 5.73 Å². The van der Waals surface area contributed by atoms with Gasteiger partial charge >= 0.3 is 0 Å². The molecule has 1 aromatic rings. The van der Waals surface area contributed by atoms with E-state index in [1.165, 1.54) is 0 Å². The van der Waals surface area contributed by atoms with E-state index in [9.17, 15) is 9.59 Å². The molecule has 5 nitrogen and oxygen atoms in total. The first-order valence-corrected chi connectivity index (χ1v) is 6.40. The lowest BCUT2D eigenvalue weighted by Gasteiger charge is -2.15. The molecule has 0 aromatic heterocycles. The standard InChI is InChI=1S/C12H15Cl2N3O2.ClH/c1-7(8-2-3-9(13)10(14)4-8)17-12(19)6-16-11(18)5-15;/h2-4,7H,5-6,15H2,1H3,(H,16,18)(H,17,19);1H. The van der Waals surface area contributed by atoms with Crippen LogP contribution < -0.4 is 16.4 Å². The molecule has 0 aliphatic heterocycles. The summed E-state index contributed by atoms with van der Waals surface area (Å²) in [5.74, 6) is -0.683. The molecule has 1 unspecified atom stereocenters. The molecule has 20 heavy (non-hydrogen) atoms. The van der Waals surface area contributed by atoms with Gasteiger partial charge in [-0.05, 0) is 24.6 Å². The lowest BCUT2D eigenvalue weighted by molar-refractivity contribution is -0.125. The molecule has 0 heterocycles. The maximum absolute atomic E-state index is 11.6. The van der Waals surface area contributed by atoms with E-state index in [-0.39, 0.29) is 43.4 Å². The summed E-state index contributed by atoms with van der Waals surface area (Å²) in [7, 11) is 0. The van der Waals surface area contributed by atoms with Crippen molar-refractivity contribution in [3.8, 4) is 0 Å². The lowest BCUT2D eigenvalue weighted by atomic mass is 10.1. The van der Waals surface area contributed by atoms with Crippen LogP contribution in [-0.2, 0) is 9.59 Å². The molecule has 1 atom stereocenters. The molecule has 2 amide bonds. The van der Waals surface area contributed by atoms with E-state index in [2.05, 4.69) is 10.6 Å². The Bertz CT molecular complexity index is 483. The summed E-state index contributed by atoms with van der Waals surface area (Å²) in [6.07, 6.45) is 0. The zero-order chi connectivity index (χ0) is 14.4. The second-order valence-corrected chi connectivity index (χ2v) is 4.76. The lowest BCUT2D eigenvalue weighted by Crippen LogP contribution is -2.40. The van der Waals surface area contributed by atoms with Crippen LogP contribution in [0.5, 0.6) is 0 Å². The minimum absolute atomic E-state index is 0. The van der Waals surface area contributed by atoms with Gasteiger partial charge in [0, 0.05) is 0 Å². The van der Waals surface area contributed by atoms with E-state index in [4.69, 9.17) is 28.9 Å². The summed E-state index contributed by atoms with van der Waals surface area (Å²) in [4.78, 5) is 22.5. The molecule has 0 aliphatic carbocycles. The number of halogens is 3. The summed E-state index contributed by atoms with van der Waals surface area (Å²) in [5, 5.41) is 6.00. The predicted molar refractivity (Wildman–Crippen MR) is 82.3 cm³/mol. The molecule has 1 aromatic carbocycles. The Kier molecular flexibility index (Phi) is 8.57. The van der Waals surface area contributed by atoms with Crippen LogP contribution in [0, 0.1) is 0 Å². The van der Waals surface area contributed by atoms with Gasteiger partial charge in [0.25, 0.3) is 0 Å². The van der Waals surface area contributed by atoms with Gasteiger partial charge in [0.1, 0.15) is 0 Å². The van der Waals surface area contributed by atoms with Crippen LogP contribution in [0.4, 0.5) is 0 Å². The van der Waals surface area contributed by atoms with Crippen LogP contribution >= 0.6 is 35.6 Å². The Morgan fingerprint density at radius 1 is 1.25 bits per heavy atom. The van der Waals surface area contributed by atoms with Crippen molar-refractivity contribution in [3.63, 3.8) is 0 Å². The number of benzene rings is 1. The number of hydrogen-bond acceptors (Lipinski definition) is 3. The Balaban J connectivity index is 0.00000361. The van der Waals surface area contributed by atoms with Gasteiger partial charge in [-0.15, -0.1) is 12.4 Å². The van der Waals surface area contributed by atoms with Crippen LogP contribution in [0.3, 0.4) is 0 Å². The highest BCUT2D eigenvalue weighted by Crippen LogP contribution is 2.25. The molecule has 4 N–H and O–H groups in total. The largest absolute Gasteiger partial charge is 0.348 e. The fourth-order valence-electron chi connectivity index (χ4n) is 1.41. The van der Waals surface area contributed by atoms with Crippen LogP contribution in [0.1, 0.15) is 18.5 Å². The first-order chi connectivity index (χ1) is 8.93. The number of rotatable bonds is 5. The minimum atomic E-state index is -0.377. The van der Waals surface area contributed by atoms with Gasteiger partial charge < -0.3 is 16.4 Å². The highest BCUT2D eigenvalue weighted by Gasteiger charge is 2.11. The van der Waals surface area contributed by atoms with Crippen molar-refractivity contribution in [3.05, 3.63) is 33.8 Å². The normalized spacial score (nSPS) is 11.2. The van der Waals surface area contributed by atoms with E-state index in [1.807, 2.05) is 6.92 Å². The van der Waals surface area contributed by atoms with Crippen molar-refractivity contribution in [1.82, 2.24) is 10.6 Å². The number of carbonyl (C=O) groups excluding carboxylic acids is 2. The summed E-state index contributed by atoms with van der Waals surface area (Å²) >= 11 is 11.7. The van der Waals surface area contributed by atoms with Gasteiger partial charge in [-0.2, -0.15) is 0 Å². The average Bonchev–Trinajstić information content (AvgIpc) is 2.38. The molecular weight excluding hydrogens is 325 g/mol. The molecule has 8 heteroatoms.